The zero-order valence-corrected chi connectivity index (χ0v) is 12.0. The third-order valence-corrected chi connectivity index (χ3v) is 3.74. The monoisotopic (exact) mass is 288 g/mol. The van der Waals surface area contributed by atoms with Crippen LogP contribution in [0.2, 0.25) is 0 Å². The summed E-state index contributed by atoms with van der Waals surface area (Å²) in [6.45, 7) is 0. The number of aromatic amines is 1. The summed E-state index contributed by atoms with van der Waals surface area (Å²) in [6.07, 6.45) is 2.75. The van der Waals surface area contributed by atoms with E-state index in [0.717, 1.165) is 29.3 Å². The Hall–Kier alpha value is -2.88. The van der Waals surface area contributed by atoms with E-state index in [1.165, 1.54) is 5.56 Å². The van der Waals surface area contributed by atoms with Gasteiger partial charge in [-0.1, -0.05) is 60.7 Å². The molecule has 0 bridgehead atoms. The SMILES string of the molecule is C1=NC(Cc2ccccc2)Nc2nc(-c3ccccc3)[nH]c21. The molecule has 0 saturated heterocycles. The highest BCUT2D eigenvalue weighted by Gasteiger charge is 2.18. The number of fused-ring (bicyclic) bond motifs is 1. The van der Waals surface area contributed by atoms with Crippen LogP contribution in [0.5, 0.6) is 0 Å². The summed E-state index contributed by atoms with van der Waals surface area (Å²) < 4.78 is 0. The summed E-state index contributed by atoms with van der Waals surface area (Å²) >= 11 is 0. The molecule has 0 spiro atoms. The molecule has 1 aliphatic heterocycles. The molecule has 1 aromatic heterocycles. The molecule has 0 amide bonds. The lowest BCUT2D eigenvalue weighted by Crippen LogP contribution is -2.24. The Morgan fingerprint density at radius 1 is 0.909 bits per heavy atom. The van der Waals surface area contributed by atoms with Crippen molar-refractivity contribution in [2.45, 2.75) is 12.6 Å². The van der Waals surface area contributed by atoms with Gasteiger partial charge in [-0.3, -0.25) is 4.99 Å². The van der Waals surface area contributed by atoms with Crippen molar-refractivity contribution in [3.63, 3.8) is 0 Å². The van der Waals surface area contributed by atoms with Gasteiger partial charge in [0.25, 0.3) is 0 Å². The van der Waals surface area contributed by atoms with Gasteiger partial charge in [0, 0.05) is 12.0 Å². The number of aliphatic imine (C=N–C) groups is 1. The Kier molecular flexibility index (Phi) is 3.20. The Balaban J connectivity index is 1.55. The van der Waals surface area contributed by atoms with Crippen LogP contribution in [0.4, 0.5) is 5.82 Å². The number of hydrogen-bond acceptors (Lipinski definition) is 3. The summed E-state index contributed by atoms with van der Waals surface area (Å²) in [5.41, 5.74) is 3.27. The third kappa shape index (κ3) is 2.51. The first kappa shape index (κ1) is 12.8. The van der Waals surface area contributed by atoms with Gasteiger partial charge in [0.15, 0.2) is 5.82 Å². The van der Waals surface area contributed by atoms with E-state index in [9.17, 15) is 0 Å². The van der Waals surface area contributed by atoms with Crippen molar-refractivity contribution in [2.24, 2.45) is 4.99 Å². The zero-order chi connectivity index (χ0) is 14.8. The van der Waals surface area contributed by atoms with E-state index >= 15 is 0 Å². The van der Waals surface area contributed by atoms with Crippen molar-refractivity contribution < 1.29 is 0 Å². The van der Waals surface area contributed by atoms with E-state index in [1.807, 2.05) is 42.6 Å². The minimum Gasteiger partial charge on any atom is -0.346 e. The largest absolute Gasteiger partial charge is 0.346 e. The van der Waals surface area contributed by atoms with Crippen LogP contribution in [0.15, 0.2) is 65.7 Å². The molecule has 0 fully saturated rings. The minimum atomic E-state index is 0.0295. The molecule has 0 radical (unpaired) electrons. The summed E-state index contributed by atoms with van der Waals surface area (Å²) in [7, 11) is 0. The minimum absolute atomic E-state index is 0.0295. The lowest BCUT2D eigenvalue weighted by atomic mass is 10.1. The van der Waals surface area contributed by atoms with Crippen LogP contribution in [0.1, 0.15) is 11.3 Å². The highest BCUT2D eigenvalue weighted by molar-refractivity contribution is 5.87. The van der Waals surface area contributed by atoms with Crippen molar-refractivity contribution >= 4 is 12.0 Å². The van der Waals surface area contributed by atoms with Gasteiger partial charge in [-0.25, -0.2) is 4.98 Å². The normalized spacial score (nSPS) is 16.1. The quantitative estimate of drug-likeness (QED) is 0.775. The molecule has 4 rings (SSSR count). The van der Waals surface area contributed by atoms with Crippen LogP contribution >= 0.6 is 0 Å². The first-order chi connectivity index (χ1) is 10.9. The first-order valence-corrected chi connectivity index (χ1v) is 7.37. The number of hydrogen-bond donors (Lipinski definition) is 2. The molecule has 1 atom stereocenters. The number of nitrogens with zero attached hydrogens (tertiary/aromatic N) is 2. The zero-order valence-electron chi connectivity index (χ0n) is 12.0. The lowest BCUT2D eigenvalue weighted by Gasteiger charge is -2.18. The van der Waals surface area contributed by atoms with Crippen molar-refractivity contribution in [1.82, 2.24) is 9.97 Å². The van der Waals surface area contributed by atoms with E-state index in [1.54, 1.807) is 0 Å². The molecule has 22 heavy (non-hydrogen) atoms. The first-order valence-electron chi connectivity index (χ1n) is 7.37. The topological polar surface area (TPSA) is 53.1 Å². The van der Waals surface area contributed by atoms with E-state index in [-0.39, 0.29) is 6.17 Å². The second-order valence-corrected chi connectivity index (χ2v) is 5.34. The number of aromatic nitrogens is 2. The average molecular weight is 288 g/mol. The van der Waals surface area contributed by atoms with E-state index < -0.39 is 0 Å². The molecule has 2 aromatic carbocycles. The predicted octanol–water partition coefficient (Wildman–Crippen LogP) is 3.49. The standard InChI is InChI=1S/C18H16N4/c1-3-7-13(8-4-1)11-16-19-12-15-18(21-16)22-17(20-15)14-9-5-2-6-10-14/h1-10,12,16,21H,11H2,(H,20,22). The number of nitrogens with one attached hydrogen (secondary N) is 2. The van der Waals surface area contributed by atoms with Gasteiger partial charge in [0.2, 0.25) is 0 Å². The maximum atomic E-state index is 4.65. The Labute approximate surface area is 129 Å². The van der Waals surface area contributed by atoms with Gasteiger partial charge in [-0.15, -0.1) is 0 Å². The van der Waals surface area contributed by atoms with Gasteiger partial charge in [-0.2, -0.15) is 0 Å². The van der Waals surface area contributed by atoms with Crippen molar-refractivity contribution in [3.05, 3.63) is 71.9 Å². The Morgan fingerprint density at radius 2 is 1.64 bits per heavy atom. The van der Waals surface area contributed by atoms with Crippen LogP contribution in [0.25, 0.3) is 11.4 Å². The second kappa shape index (κ2) is 5.48. The molecule has 4 heteroatoms. The van der Waals surface area contributed by atoms with Crippen LogP contribution < -0.4 is 5.32 Å². The fraction of sp³-hybridized carbons (Fsp3) is 0.111. The van der Waals surface area contributed by atoms with E-state index in [4.69, 9.17) is 0 Å². The van der Waals surface area contributed by atoms with Crippen molar-refractivity contribution in [3.8, 4) is 11.4 Å². The molecule has 3 aromatic rings. The molecule has 2 heterocycles. The molecular weight excluding hydrogens is 272 g/mol. The lowest BCUT2D eigenvalue weighted by molar-refractivity contribution is 0.749. The summed E-state index contributed by atoms with van der Waals surface area (Å²) in [5.74, 6) is 1.74. The molecule has 0 aliphatic carbocycles. The highest BCUT2D eigenvalue weighted by atomic mass is 15.2. The number of H-pyrrole nitrogens is 1. The van der Waals surface area contributed by atoms with Crippen LogP contribution in [0.3, 0.4) is 0 Å². The summed E-state index contributed by atoms with van der Waals surface area (Å²) in [5, 5.41) is 3.40. The van der Waals surface area contributed by atoms with Gasteiger partial charge in [-0.05, 0) is 5.56 Å². The fourth-order valence-corrected chi connectivity index (χ4v) is 2.62. The molecule has 0 saturated carbocycles. The number of rotatable bonds is 3. The summed E-state index contributed by atoms with van der Waals surface area (Å²) in [4.78, 5) is 12.5. The third-order valence-electron chi connectivity index (χ3n) is 3.74. The Morgan fingerprint density at radius 3 is 2.41 bits per heavy atom. The van der Waals surface area contributed by atoms with Crippen molar-refractivity contribution in [2.75, 3.05) is 5.32 Å². The van der Waals surface area contributed by atoms with Crippen molar-refractivity contribution in [1.29, 1.82) is 0 Å². The maximum absolute atomic E-state index is 4.65. The molecule has 1 aliphatic rings. The molecule has 2 N–H and O–H groups in total. The van der Waals surface area contributed by atoms with Gasteiger partial charge >= 0.3 is 0 Å². The van der Waals surface area contributed by atoms with E-state index in [2.05, 4.69) is 44.5 Å². The average Bonchev–Trinajstić information content (AvgIpc) is 3.00. The molecule has 108 valence electrons. The second-order valence-electron chi connectivity index (χ2n) is 5.34. The predicted molar refractivity (Wildman–Crippen MR) is 89.2 cm³/mol. The van der Waals surface area contributed by atoms with Crippen LogP contribution in [0, 0.1) is 0 Å². The number of benzene rings is 2. The molecule has 4 nitrogen and oxygen atoms in total. The number of imidazole rings is 1. The fourth-order valence-electron chi connectivity index (χ4n) is 2.62. The van der Waals surface area contributed by atoms with E-state index in [0.29, 0.717) is 0 Å². The molecular formula is C18H16N4. The van der Waals surface area contributed by atoms with Crippen LogP contribution in [-0.2, 0) is 6.42 Å². The van der Waals surface area contributed by atoms with Crippen LogP contribution in [-0.4, -0.2) is 22.3 Å². The molecule has 1 unspecified atom stereocenters. The Bertz CT molecular complexity index is 790. The highest BCUT2D eigenvalue weighted by Crippen LogP contribution is 2.23. The smallest absolute Gasteiger partial charge is 0.155 e. The van der Waals surface area contributed by atoms with Gasteiger partial charge in [0.05, 0.1) is 6.21 Å². The van der Waals surface area contributed by atoms with Gasteiger partial charge < -0.3 is 10.3 Å². The maximum Gasteiger partial charge on any atom is 0.155 e. The summed E-state index contributed by atoms with van der Waals surface area (Å²) in [6, 6.07) is 20.5. The number of anilines is 1. The van der Waals surface area contributed by atoms with Gasteiger partial charge in [0.1, 0.15) is 17.7 Å².